The fraction of sp³-hybridized carbons (Fsp3) is 0.105. The maximum absolute atomic E-state index is 12.5. The minimum Gasteiger partial charge on any atom is -0.503 e. The number of aliphatic hydroxyl groups is 1. The van der Waals surface area contributed by atoms with Crippen LogP contribution >= 0.6 is 15.9 Å². The fourth-order valence-electron chi connectivity index (χ4n) is 2.37. The van der Waals surface area contributed by atoms with Crippen molar-refractivity contribution in [3.8, 4) is 0 Å². The van der Waals surface area contributed by atoms with Gasteiger partial charge >= 0.3 is 5.97 Å². The van der Waals surface area contributed by atoms with Crippen molar-refractivity contribution < 1.29 is 19.4 Å². The molecule has 2 aromatic rings. The normalized spacial score (nSPS) is 17.5. The van der Waals surface area contributed by atoms with Crippen LogP contribution in [-0.2, 0) is 9.53 Å². The van der Waals surface area contributed by atoms with Crippen molar-refractivity contribution in [1.29, 1.82) is 0 Å². The maximum atomic E-state index is 12.5. The number of ether oxygens (including phenoxy) is 1. The average molecular weight is 400 g/mol. The highest BCUT2D eigenvalue weighted by Gasteiger charge is 2.33. The van der Waals surface area contributed by atoms with Gasteiger partial charge in [0.05, 0.1) is 11.4 Å². The van der Waals surface area contributed by atoms with Crippen LogP contribution in [0.5, 0.6) is 0 Å². The first-order chi connectivity index (χ1) is 12.0. The van der Waals surface area contributed by atoms with E-state index in [0.717, 1.165) is 10.0 Å². The Labute approximate surface area is 152 Å². The van der Waals surface area contributed by atoms with Crippen LogP contribution in [0.3, 0.4) is 0 Å². The van der Waals surface area contributed by atoms with E-state index in [9.17, 15) is 14.7 Å². The molecule has 2 aromatic carbocycles. The van der Waals surface area contributed by atoms with Crippen molar-refractivity contribution >= 4 is 39.1 Å². The molecule has 0 spiro atoms. The molecular formula is C19H14BrNO4. The lowest BCUT2D eigenvalue weighted by Gasteiger charge is -2.04. The Balaban J connectivity index is 2.01. The maximum Gasteiger partial charge on any atom is 0.344 e. The van der Waals surface area contributed by atoms with E-state index >= 15 is 0 Å². The summed E-state index contributed by atoms with van der Waals surface area (Å²) in [5, 5.41) is 10.4. The number of cyclic esters (lactones) is 1. The van der Waals surface area contributed by atoms with E-state index in [-0.39, 0.29) is 23.5 Å². The van der Waals surface area contributed by atoms with Crippen molar-refractivity contribution in [3.05, 3.63) is 75.5 Å². The van der Waals surface area contributed by atoms with Gasteiger partial charge in [-0.15, -0.1) is 0 Å². The molecule has 1 N–H and O–H groups in total. The van der Waals surface area contributed by atoms with Gasteiger partial charge in [-0.2, -0.15) is 0 Å². The smallest absolute Gasteiger partial charge is 0.344 e. The summed E-state index contributed by atoms with van der Waals surface area (Å²) in [7, 11) is 0. The minimum atomic E-state index is -0.758. The number of aliphatic hydroxyl groups excluding tert-OH is 1. The molecule has 0 saturated carbocycles. The summed E-state index contributed by atoms with van der Waals surface area (Å²) in [5.41, 5.74) is 1.89. The van der Waals surface area contributed by atoms with Gasteiger partial charge in [0.1, 0.15) is 12.2 Å². The molecular weight excluding hydrogens is 386 g/mol. The summed E-state index contributed by atoms with van der Waals surface area (Å²) >= 11 is 3.34. The third kappa shape index (κ3) is 3.69. The van der Waals surface area contributed by atoms with Crippen molar-refractivity contribution in [2.45, 2.75) is 6.92 Å². The van der Waals surface area contributed by atoms with Crippen LogP contribution in [-0.4, -0.2) is 29.2 Å². The van der Waals surface area contributed by atoms with Crippen molar-refractivity contribution in [2.24, 2.45) is 4.99 Å². The molecule has 0 atom stereocenters. The van der Waals surface area contributed by atoms with E-state index in [4.69, 9.17) is 4.74 Å². The van der Waals surface area contributed by atoms with E-state index in [2.05, 4.69) is 20.9 Å². The zero-order valence-corrected chi connectivity index (χ0v) is 14.9. The summed E-state index contributed by atoms with van der Waals surface area (Å²) in [6.45, 7) is 1.80. The zero-order valence-electron chi connectivity index (χ0n) is 13.3. The lowest BCUT2D eigenvalue weighted by molar-refractivity contribution is -0.135. The number of halogens is 1. The number of aryl methyl sites for hydroxylation is 1. The average Bonchev–Trinajstić information content (AvgIpc) is 2.94. The second kappa shape index (κ2) is 7.03. The number of hydrogen-bond donors (Lipinski definition) is 1. The molecule has 1 fully saturated rings. The summed E-state index contributed by atoms with van der Waals surface area (Å²) < 4.78 is 5.78. The van der Waals surface area contributed by atoms with E-state index in [1.165, 1.54) is 0 Å². The first kappa shape index (κ1) is 17.1. The number of esters is 1. The van der Waals surface area contributed by atoms with Crippen LogP contribution < -0.4 is 0 Å². The van der Waals surface area contributed by atoms with Gasteiger partial charge in [0.2, 0.25) is 5.78 Å². The van der Waals surface area contributed by atoms with Crippen LogP contribution in [0.1, 0.15) is 15.9 Å². The number of aliphatic imine (C=N–C) groups is 1. The molecule has 0 amide bonds. The van der Waals surface area contributed by atoms with Crippen LogP contribution in [0, 0.1) is 6.92 Å². The number of rotatable bonds is 3. The molecule has 5 nitrogen and oxygen atoms in total. The Bertz CT molecular complexity index is 913. The molecule has 1 aliphatic heterocycles. The van der Waals surface area contributed by atoms with E-state index < -0.39 is 17.5 Å². The van der Waals surface area contributed by atoms with E-state index in [0.29, 0.717) is 5.69 Å². The van der Waals surface area contributed by atoms with Crippen LogP contribution in [0.15, 0.2) is 69.3 Å². The number of Topliss-reactive ketones (excluding diaryl/α,β-unsaturated/α-hetero) is 1. The predicted molar refractivity (Wildman–Crippen MR) is 97.4 cm³/mol. The second-order valence-corrected chi connectivity index (χ2v) is 6.45. The Morgan fingerprint density at radius 2 is 1.92 bits per heavy atom. The molecule has 1 saturated heterocycles. The van der Waals surface area contributed by atoms with Crippen LogP contribution in [0.25, 0.3) is 0 Å². The first-order valence-corrected chi connectivity index (χ1v) is 8.30. The molecule has 1 heterocycles. The molecule has 6 heteroatoms. The number of allylic oxidation sites excluding steroid dienone is 1. The third-order valence-electron chi connectivity index (χ3n) is 3.67. The van der Waals surface area contributed by atoms with E-state index in [1.807, 2.05) is 13.0 Å². The highest BCUT2D eigenvalue weighted by Crippen LogP contribution is 2.24. The molecule has 0 radical (unpaired) electrons. The van der Waals surface area contributed by atoms with Gasteiger partial charge in [-0.3, -0.25) is 4.79 Å². The molecule has 1 aliphatic rings. The second-order valence-electron chi connectivity index (χ2n) is 5.53. The van der Waals surface area contributed by atoms with Gasteiger partial charge in [-0.05, 0) is 25.1 Å². The third-order valence-corrected chi connectivity index (χ3v) is 4.16. The molecule has 126 valence electrons. The summed E-state index contributed by atoms with van der Waals surface area (Å²) in [4.78, 5) is 28.8. The number of benzene rings is 2. The number of hydrogen-bond acceptors (Lipinski definition) is 5. The van der Waals surface area contributed by atoms with Gasteiger partial charge in [0.25, 0.3) is 0 Å². The van der Waals surface area contributed by atoms with Gasteiger partial charge in [0, 0.05) is 10.0 Å². The largest absolute Gasteiger partial charge is 0.503 e. The predicted octanol–water partition coefficient (Wildman–Crippen LogP) is 4.08. The SMILES string of the molecule is Cc1ccc(C(=O)/C(O)=C2\C(=O)OCC2=Nc2cccc(Br)c2)cc1. The van der Waals surface area contributed by atoms with Gasteiger partial charge in [0.15, 0.2) is 5.76 Å². The van der Waals surface area contributed by atoms with Crippen LogP contribution in [0.2, 0.25) is 0 Å². The number of nitrogens with zero attached hydrogens (tertiary/aromatic N) is 1. The quantitative estimate of drug-likeness (QED) is 0.365. The highest BCUT2D eigenvalue weighted by molar-refractivity contribution is 9.10. The molecule has 0 unspecified atom stereocenters. The highest BCUT2D eigenvalue weighted by atomic mass is 79.9. The molecule has 0 aromatic heterocycles. The monoisotopic (exact) mass is 399 g/mol. The topological polar surface area (TPSA) is 76.0 Å². The summed E-state index contributed by atoms with van der Waals surface area (Å²) in [5.74, 6) is -2.05. The zero-order chi connectivity index (χ0) is 18.0. The Morgan fingerprint density at radius 3 is 2.60 bits per heavy atom. The minimum absolute atomic E-state index is 0.0914. The van der Waals surface area contributed by atoms with Crippen molar-refractivity contribution in [2.75, 3.05) is 6.61 Å². The van der Waals surface area contributed by atoms with Gasteiger partial charge in [-0.1, -0.05) is 51.8 Å². The van der Waals surface area contributed by atoms with Crippen LogP contribution in [0.4, 0.5) is 5.69 Å². The Hall–Kier alpha value is -2.73. The van der Waals surface area contributed by atoms with Crippen molar-refractivity contribution in [3.63, 3.8) is 0 Å². The number of carbonyl (C=O) groups excluding carboxylic acids is 2. The van der Waals surface area contributed by atoms with Gasteiger partial charge in [-0.25, -0.2) is 9.79 Å². The molecule has 3 rings (SSSR count). The lowest BCUT2D eigenvalue weighted by atomic mass is 10.0. The summed E-state index contributed by atoms with van der Waals surface area (Å²) in [6, 6.07) is 13.9. The standard InChI is InChI=1S/C19H14BrNO4/c1-11-5-7-12(8-6-11)17(22)18(23)16-15(10-25-19(16)24)21-14-4-2-3-13(20)9-14/h2-9,23H,10H2,1H3/b18-16+,21-15?. The number of ketones is 1. The van der Waals surface area contributed by atoms with Gasteiger partial charge < -0.3 is 9.84 Å². The first-order valence-electron chi connectivity index (χ1n) is 7.51. The molecule has 25 heavy (non-hydrogen) atoms. The van der Waals surface area contributed by atoms with E-state index in [1.54, 1.807) is 42.5 Å². The lowest BCUT2D eigenvalue weighted by Crippen LogP contribution is -2.13. The molecule has 0 aliphatic carbocycles. The Morgan fingerprint density at radius 1 is 1.20 bits per heavy atom. The Kier molecular flexibility index (Phi) is 4.81. The number of carbonyl (C=O) groups is 2. The molecule has 0 bridgehead atoms. The summed E-state index contributed by atoms with van der Waals surface area (Å²) in [6.07, 6.45) is 0. The van der Waals surface area contributed by atoms with Crippen molar-refractivity contribution in [1.82, 2.24) is 0 Å². The fourth-order valence-corrected chi connectivity index (χ4v) is 2.76.